The zero-order chi connectivity index (χ0) is 12.7. The number of imidazole rings is 1. The SMILES string of the molecule is NCc1c(-c2ccc(Cl)c(Cl)c2)nc2n1CCS2. The lowest BCUT2D eigenvalue weighted by molar-refractivity contribution is 0.678. The molecule has 6 heteroatoms. The molecule has 1 aliphatic heterocycles. The summed E-state index contributed by atoms with van der Waals surface area (Å²) in [6.07, 6.45) is 0. The van der Waals surface area contributed by atoms with E-state index in [1.165, 1.54) is 0 Å². The predicted molar refractivity (Wildman–Crippen MR) is 76.3 cm³/mol. The number of benzene rings is 1. The van der Waals surface area contributed by atoms with Crippen molar-refractivity contribution < 1.29 is 0 Å². The van der Waals surface area contributed by atoms with Crippen molar-refractivity contribution in [1.29, 1.82) is 0 Å². The van der Waals surface area contributed by atoms with Gasteiger partial charge in [0.05, 0.1) is 21.4 Å². The molecule has 0 bridgehead atoms. The molecule has 0 atom stereocenters. The quantitative estimate of drug-likeness (QED) is 0.924. The van der Waals surface area contributed by atoms with E-state index in [0.29, 0.717) is 16.6 Å². The van der Waals surface area contributed by atoms with Gasteiger partial charge in [0.25, 0.3) is 0 Å². The Morgan fingerprint density at radius 1 is 1.33 bits per heavy atom. The van der Waals surface area contributed by atoms with Crippen molar-refractivity contribution in [1.82, 2.24) is 9.55 Å². The molecule has 18 heavy (non-hydrogen) atoms. The van der Waals surface area contributed by atoms with Crippen LogP contribution in [0.4, 0.5) is 0 Å². The maximum atomic E-state index is 6.05. The molecule has 2 aromatic rings. The Labute approximate surface area is 119 Å². The number of fused-ring (bicyclic) bond motifs is 1. The van der Waals surface area contributed by atoms with Crippen LogP contribution >= 0.6 is 35.0 Å². The molecule has 1 aromatic carbocycles. The number of nitrogens with zero attached hydrogens (tertiary/aromatic N) is 2. The van der Waals surface area contributed by atoms with E-state index in [-0.39, 0.29) is 0 Å². The maximum Gasteiger partial charge on any atom is 0.168 e. The third-order valence-electron chi connectivity index (χ3n) is 2.97. The summed E-state index contributed by atoms with van der Waals surface area (Å²) in [7, 11) is 0. The highest BCUT2D eigenvalue weighted by Gasteiger charge is 2.21. The summed E-state index contributed by atoms with van der Waals surface area (Å²) in [6, 6.07) is 5.55. The highest BCUT2D eigenvalue weighted by molar-refractivity contribution is 7.99. The summed E-state index contributed by atoms with van der Waals surface area (Å²) >= 11 is 13.7. The van der Waals surface area contributed by atoms with Crippen LogP contribution in [-0.4, -0.2) is 15.3 Å². The van der Waals surface area contributed by atoms with Crippen LogP contribution in [0.5, 0.6) is 0 Å². The van der Waals surface area contributed by atoms with E-state index in [0.717, 1.165) is 34.4 Å². The Morgan fingerprint density at radius 2 is 2.17 bits per heavy atom. The lowest BCUT2D eigenvalue weighted by Crippen LogP contribution is -2.07. The fraction of sp³-hybridized carbons (Fsp3) is 0.250. The van der Waals surface area contributed by atoms with E-state index in [9.17, 15) is 0 Å². The number of thioether (sulfide) groups is 1. The number of nitrogens with two attached hydrogens (primary N) is 1. The van der Waals surface area contributed by atoms with Crippen molar-refractivity contribution in [2.75, 3.05) is 5.75 Å². The van der Waals surface area contributed by atoms with E-state index in [1.54, 1.807) is 17.8 Å². The minimum atomic E-state index is 0.475. The molecular weight excluding hydrogens is 289 g/mol. The average Bonchev–Trinajstić information content (AvgIpc) is 2.92. The zero-order valence-corrected chi connectivity index (χ0v) is 11.8. The maximum absolute atomic E-state index is 6.05. The van der Waals surface area contributed by atoms with Gasteiger partial charge in [-0.3, -0.25) is 0 Å². The molecule has 3 rings (SSSR count). The first-order chi connectivity index (χ1) is 8.70. The Morgan fingerprint density at radius 3 is 2.89 bits per heavy atom. The van der Waals surface area contributed by atoms with Crippen molar-refractivity contribution in [3.05, 3.63) is 33.9 Å². The summed E-state index contributed by atoms with van der Waals surface area (Å²) in [5.41, 5.74) is 8.79. The molecule has 0 radical (unpaired) electrons. The smallest absolute Gasteiger partial charge is 0.168 e. The van der Waals surface area contributed by atoms with Gasteiger partial charge in [-0.15, -0.1) is 0 Å². The Kier molecular flexibility index (Phi) is 3.28. The lowest BCUT2D eigenvalue weighted by atomic mass is 10.1. The number of rotatable bonds is 2. The number of halogens is 2. The van der Waals surface area contributed by atoms with Gasteiger partial charge < -0.3 is 10.3 Å². The van der Waals surface area contributed by atoms with Gasteiger partial charge in [-0.05, 0) is 12.1 Å². The number of hydrogen-bond acceptors (Lipinski definition) is 3. The van der Waals surface area contributed by atoms with Gasteiger partial charge in [-0.25, -0.2) is 4.98 Å². The van der Waals surface area contributed by atoms with Crippen LogP contribution in [0.15, 0.2) is 23.4 Å². The third-order valence-corrected chi connectivity index (χ3v) is 4.67. The summed E-state index contributed by atoms with van der Waals surface area (Å²) < 4.78 is 2.18. The first-order valence-corrected chi connectivity index (χ1v) is 7.32. The van der Waals surface area contributed by atoms with Crippen LogP contribution in [0.2, 0.25) is 10.0 Å². The van der Waals surface area contributed by atoms with Gasteiger partial charge in [0.15, 0.2) is 5.16 Å². The normalized spacial score (nSPS) is 13.9. The van der Waals surface area contributed by atoms with Gasteiger partial charge in [0, 0.05) is 24.4 Å². The number of hydrogen-bond donors (Lipinski definition) is 1. The van der Waals surface area contributed by atoms with Crippen LogP contribution < -0.4 is 5.73 Å². The molecule has 0 saturated carbocycles. The topological polar surface area (TPSA) is 43.8 Å². The third kappa shape index (κ3) is 1.93. The van der Waals surface area contributed by atoms with Gasteiger partial charge in [0.2, 0.25) is 0 Å². The fourth-order valence-electron chi connectivity index (χ4n) is 2.11. The van der Waals surface area contributed by atoms with Gasteiger partial charge >= 0.3 is 0 Å². The standard InChI is InChI=1S/C12H11Cl2N3S/c13-8-2-1-7(5-9(8)14)11-10(6-15)17-3-4-18-12(17)16-11/h1-2,5H,3-4,6,15H2. The van der Waals surface area contributed by atoms with E-state index < -0.39 is 0 Å². The molecule has 0 spiro atoms. The highest BCUT2D eigenvalue weighted by atomic mass is 35.5. The zero-order valence-electron chi connectivity index (χ0n) is 9.49. The van der Waals surface area contributed by atoms with Crippen LogP contribution in [0, 0.1) is 0 Å². The molecule has 1 aromatic heterocycles. The lowest BCUT2D eigenvalue weighted by Gasteiger charge is -2.05. The second-order valence-corrected chi connectivity index (χ2v) is 5.90. The summed E-state index contributed by atoms with van der Waals surface area (Å²) in [4.78, 5) is 4.65. The predicted octanol–water partition coefficient (Wildman–Crippen LogP) is 3.42. The Balaban J connectivity index is 2.14. The van der Waals surface area contributed by atoms with Crippen molar-refractivity contribution in [3.8, 4) is 11.3 Å². The minimum absolute atomic E-state index is 0.475. The van der Waals surface area contributed by atoms with Gasteiger partial charge in [-0.2, -0.15) is 0 Å². The summed E-state index contributed by atoms with van der Waals surface area (Å²) in [5.74, 6) is 1.07. The first-order valence-electron chi connectivity index (χ1n) is 5.58. The van der Waals surface area contributed by atoms with E-state index in [1.807, 2.05) is 12.1 Å². The molecule has 0 saturated heterocycles. The fourth-order valence-corrected chi connectivity index (χ4v) is 3.38. The first kappa shape index (κ1) is 12.4. The summed E-state index contributed by atoms with van der Waals surface area (Å²) in [5, 5.41) is 2.13. The molecule has 2 heterocycles. The van der Waals surface area contributed by atoms with Crippen LogP contribution in [0.1, 0.15) is 5.69 Å². The molecule has 3 nitrogen and oxygen atoms in total. The molecular formula is C12H11Cl2N3S. The second kappa shape index (κ2) is 4.78. The van der Waals surface area contributed by atoms with Crippen molar-refractivity contribution in [2.24, 2.45) is 5.73 Å². The molecule has 1 aliphatic rings. The van der Waals surface area contributed by atoms with Crippen LogP contribution in [0.3, 0.4) is 0 Å². The Bertz CT molecular complexity index is 610. The van der Waals surface area contributed by atoms with Gasteiger partial charge in [0.1, 0.15) is 0 Å². The van der Waals surface area contributed by atoms with E-state index >= 15 is 0 Å². The van der Waals surface area contributed by atoms with E-state index in [4.69, 9.17) is 28.9 Å². The monoisotopic (exact) mass is 299 g/mol. The second-order valence-electron chi connectivity index (χ2n) is 4.02. The largest absolute Gasteiger partial charge is 0.325 e. The molecule has 0 aliphatic carbocycles. The number of aromatic nitrogens is 2. The van der Waals surface area contributed by atoms with Crippen molar-refractivity contribution >= 4 is 35.0 Å². The molecule has 2 N–H and O–H groups in total. The van der Waals surface area contributed by atoms with Crippen molar-refractivity contribution in [3.63, 3.8) is 0 Å². The summed E-state index contributed by atoms with van der Waals surface area (Å²) in [6.45, 7) is 1.45. The van der Waals surface area contributed by atoms with Crippen LogP contribution in [-0.2, 0) is 13.1 Å². The average molecular weight is 300 g/mol. The molecule has 0 fully saturated rings. The Hall–Kier alpha value is -0.680. The molecule has 0 amide bonds. The van der Waals surface area contributed by atoms with E-state index in [2.05, 4.69) is 9.55 Å². The molecule has 94 valence electrons. The van der Waals surface area contributed by atoms with Crippen LogP contribution in [0.25, 0.3) is 11.3 Å². The van der Waals surface area contributed by atoms with Gasteiger partial charge in [-0.1, -0.05) is 41.0 Å². The molecule has 0 unspecified atom stereocenters. The van der Waals surface area contributed by atoms with Crippen molar-refractivity contribution in [2.45, 2.75) is 18.2 Å². The minimum Gasteiger partial charge on any atom is -0.325 e. The highest BCUT2D eigenvalue weighted by Crippen LogP contribution is 2.35.